The number of fused-ring (bicyclic) bond motifs is 1. The first-order valence-corrected chi connectivity index (χ1v) is 10.7. The lowest BCUT2D eigenvalue weighted by atomic mass is 9.72. The topological polar surface area (TPSA) is 105 Å². The highest BCUT2D eigenvalue weighted by Gasteiger charge is 2.41. The molecule has 0 fully saturated rings. The molecule has 2 atom stereocenters. The van der Waals surface area contributed by atoms with Gasteiger partial charge in [0, 0.05) is 29.5 Å². The van der Waals surface area contributed by atoms with E-state index in [0.29, 0.717) is 42.3 Å². The highest BCUT2D eigenvalue weighted by Crippen LogP contribution is 2.50. The highest BCUT2D eigenvalue weighted by atomic mass is 16.5. The number of phenols is 2. The second-order valence-electron chi connectivity index (χ2n) is 8.21. The molecule has 2 aromatic carbocycles. The summed E-state index contributed by atoms with van der Waals surface area (Å²) in [6.07, 6.45) is 0.857. The number of aromatic nitrogens is 1. The normalized spacial score (nSPS) is 19.9. The molecule has 0 unspecified atom stereocenters. The molecule has 0 radical (unpaired) electrons. The molecule has 7 nitrogen and oxygen atoms in total. The Morgan fingerprint density at radius 1 is 1.16 bits per heavy atom. The van der Waals surface area contributed by atoms with Gasteiger partial charge in [0.05, 0.1) is 17.9 Å². The van der Waals surface area contributed by atoms with Crippen molar-refractivity contribution >= 4 is 11.7 Å². The van der Waals surface area contributed by atoms with Crippen LogP contribution >= 0.6 is 0 Å². The summed E-state index contributed by atoms with van der Waals surface area (Å²) in [7, 11) is 0. The average Bonchev–Trinajstić information content (AvgIpc) is 3.14. The Hall–Kier alpha value is -3.74. The van der Waals surface area contributed by atoms with Gasteiger partial charge in [-0.25, -0.2) is 0 Å². The number of Topliss-reactive ketones (excluding diaryl/α,β-unsaturated/α-hetero) is 1. The number of allylic oxidation sites excluding steroid dienone is 2. The molecular formula is C25H24N2O5. The number of nitrogens with zero attached hydrogens (tertiary/aromatic N) is 1. The van der Waals surface area contributed by atoms with Crippen LogP contribution in [0.3, 0.4) is 0 Å². The zero-order chi connectivity index (χ0) is 22.4. The zero-order valence-electron chi connectivity index (χ0n) is 17.9. The molecule has 164 valence electrons. The fourth-order valence-corrected chi connectivity index (χ4v) is 4.84. The number of carbonyl (C=O) groups is 1. The van der Waals surface area contributed by atoms with Crippen molar-refractivity contribution in [1.82, 2.24) is 5.16 Å². The second kappa shape index (κ2) is 7.75. The molecule has 1 aliphatic heterocycles. The first-order valence-electron chi connectivity index (χ1n) is 10.7. The molecule has 5 rings (SSSR count). The summed E-state index contributed by atoms with van der Waals surface area (Å²) in [5.41, 5.74) is 4.53. The van der Waals surface area contributed by atoms with Crippen LogP contribution in [0, 0.1) is 6.92 Å². The Morgan fingerprint density at radius 2 is 1.97 bits per heavy atom. The number of para-hydroxylation sites is 1. The lowest BCUT2D eigenvalue weighted by molar-refractivity contribution is -0.116. The van der Waals surface area contributed by atoms with Gasteiger partial charge in [0.25, 0.3) is 0 Å². The molecule has 3 N–H and O–H groups in total. The van der Waals surface area contributed by atoms with E-state index in [1.54, 1.807) is 30.3 Å². The van der Waals surface area contributed by atoms with E-state index in [0.717, 1.165) is 22.4 Å². The van der Waals surface area contributed by atoms with Gasteiger partial charge in [-0.15, -0.1) is 0 Å². The average molecular weight is 432 g/mol. The van der Waals surface area contributed by atoms with Gasteiger partial charge in [0.1, 0.15) is 5.75 Å². The van der Waals surface area contributed by atoms with Gasteiger partial charge in [-0.2, -0.15) is 0 Å². The van der Waals surface area contributed by atoms with Crippen LogP contribution in [0.1, 0.15) is 54.0 Å². The van der Waals surface area contributed by atoms with Crippen LogP contribution in [-0.4, -0.2) is 27.8 Å². The minimum absolute atomic E-state index is 0.00860. The number of aromatic hydroxyl groups is 2. The number of ether oxygens (including phenoxy) is 1. The number of rotatable bonds is 4. The van der Waals surface area contributed by atoms with E-state index >= 15 is 0 Å². The SMILES string of the molecule is CCOc1cc([C@@H]2C3=C(C[C@@H](c4ccccc4O)CC3=O)Nc3onc(C)c32)ccc1O. The first kappa shape index (κ1) is 20.2. The van der Waals surface area contributed by atoms with Crippen molar-refractivity contribution in [3.8, 4) is 17.2 Å². The number of benzene rings is 2. The predicted molar refractivity (Wildman–Crippen MR) is 118 cm³/mol. The summed E-state index contributed by atoms with van der Waals surface area (Å²) >= 11 is 0. The maximum Gasteiger partial charge on any atom is 0.233 e. The highest BCUT2D eigenvalue weighted by molar-refractivity contribution is 6.01. The summed E-state index contributed by atoms with van der Waals surface area (Å²) in [6, 6.07) is 12.3. The van der Waals surface area contributed by atoms with Gasteiger partial charge in [-0.1, -0.05) is 29.4 Å². The van der Waals surface area contributed by atoms with Crippen molar-refractivity contribution in [1.29, 1.82) is 0 Å². The summed E-state index contributed by atoms with van der Waals surface area (Å²) < 4.78 is 11.1. The zero-order valence-corrected chi connectivity index (χ0v) is 17.9. The number of carbonyl (C=O) groups excluding carboxylic acids is 1. The van der Waals surface area contributed by atoms with Gasteiger partial charge < -0.3 is 24.8 Å². The molecule has 2 heterocycles. The first-order chi connectivity index (χ1) is 15.5. The molecule has 1 aromatic heterocycles. The molecule has 1 aliphatic carbocycles. The second-order valence-corrected chi connectivity index (χ2v) is 8.21. The monoisotopic (exact) mass is 432 g/mol. The molecule has 7 heteroatoms. The van der Waals surface area contributed by atoms with Crippen LogP contribution in [0.25, 0.3) is 0 Å². The van der Waals surface area contributed by atoms with Crippen LogP contribution in [-0.2, 0) is 4.79 Å². The quantitative estimate of drug-likeness (QED) is 0.546. The lowest BCUT2D eigenvalue weighted by Gasteiger charge is -2.34. The molecule has 0 bridgehead atoms. The van der Waals surface area contributed by atoms with Crippen LogP contribution in [0.4, 0.5) is 5.88 Å². The third-order valence-electron chi connectivity index (χ3n) is 6.25. The number of hydrogen-bond donors (Lipinski definition) is 3. The van der Waals surface area contributed by atoms with Crippen LogP contribution in [0.5, 0.6) is 17.2 Å². The van der Waals surface area contributed by atoms with Crippen LogP contribution in [0.2, 0.25) is 0 Å². The van der Waals surface area contributed by atoms with Gasteiger partial charge >= 0.3 is 0 Å². The number of hydrogen-bond acceptors (Lipinski definition) is 7. The number of nitrogens with one attached hydrogen (secondary N) is 1. The van der Waals surface area contributed by atoms with Crippen LogP contribution < -0.4 is 10.1 Å². The molecule has 0 amide bonds. The largest absolute Gasteiger partial charge is 0.508 e. The molecule has 2 aliphatic rings. The minimum Gasteiger partial charge on any atom is -0.508 e. The smallest absolute Gasteiger partial charge is 0.233 e. The Bertz CT molecular complexity index is 1240. The molecule has 0 saturated heterocycles. The fraction of sp³-hybridized carbons (Fsp3) is 0.280. The Balaban J connectivity index is 1.63. The number of phenolic OH excluding ortho intramolecular Hbond substituents is 2. The molecule has 3 aromatic rings. The van der Waals surface area contributed by atoms with E-state index in [1.807, 2.05) is 26.0 Å². The number of anilines is 1. The summed E-state index contributed by atoms with van der Waals surface area (Å²) in [6.45, 7) is 4.11. The Kier molecular flexibility index (Phi) is 4.89. The third kappa shape index (κ3) is 3.21. The van der Waals surface area contributed by atoms with Crippen molar-refractivity contribution in [2.75, 3.05) is 11.9 Å². The fourth-order valence-electron chi connectivity index (χ4n) is 4.84. The van der Waals surface area contributed by atoms with E-state index in [4.69, 9.17) is 9.26 Å². The maximum atomic E-state index is 13.5. The maximum absolute atomic E-state index is 13.5. The molecule has 0 spiro atoms. The molecule has 0 saturated carbocycles. The van der Waals surface area contributed by atoms with Gasteiger partial charge in [0.2, 0.25) is 5.88 Å². The van der Waals surface area contributed by atoms with Gasteiger partial charge in [0.15, 0.2) is 17.3 Å². The molecular weight excluding hydrogens is 408 g/mol. The van der Waals surface area contributed by atoms with Crippen LogP contribution in [0.15, 0.2) is 58.3 Å². The standard InChI is InChI=1S/C25H24N2O5/c1-3-31-21-12-14(8-9-19(21)29)23-22-13(2)27-32-25(22)26-17-10-15(11-20(30)24(17)23)16-6-4-5-7-18(16)28/h4-9,12,15,23,26,28-29H,3,10-11H2,1-2H3/t15-,23+/m1/s1. The summed E-state index contributed by atoms with van der Waals surface area (Å²) in [5.74, 6) is 0.618. The van der Waals surface area contributed by atoms with Crippen molar-refractivity contribution < 1.29 is 24.3 Å². The van der Waals surface area contributed by atoms with Gasteiger partial charge in [-0.3, -0.25) is 4.79 Å². The van der Waals surface area contributed by atoms with Crippen molar-refractivity contribution in [2.24, 2.45) is 0 Å². The summed E-state index contributed by atoms with van der Waals surface area (Å²) in [5, 5.41) is 27.9. The number of aryl methyl sites for hydroxylation is 1. The third-order valence-corrected chi connectivity index (χ3v) is 6.25. The van der Waals surface area contributed by atoms with E-state index in [1.165, 1.54) is 0 Å². The van der Waals surface area contributed by atoms with Gasteiger partial charge in [-0.05, 0) is 49.6 Å². The predicted octanol–water partition coefficient (Wildman–Crippen LogP) is 4.75. The number of ketones is 1. The minimum atomic E-state index is -0.384. The van der Waals surface area contributed by atoms with E-state index in [2.05, 4.69) is 10.5 Å². The van der Waals surface area contributed by atoms with Crippen molar-refractivity contribution in [3.05, 3.63) is 76.1 Å². The Labute approximate surface area is 185 Å². The van der Waals surface area contributed by atoms with Crippen molar-refractivity contribution in [2.45, 2.75) is 38.5 Å². The lowest BCUT2D eigenvalue weighted by Crippen LogP contribution is -2.29. The van der Waals surface area contributed by atoms with E-state index in [9.17, 15) is 15.0 Å². The van der Waals surface area contributed by atoms with E-state index in [-0.39, 0.29) is 29.1 Å². The van der Waals surface area contributed by atoms with E-state index < -0.39 is 0 Å². The Morgan fingerprint density at radius 3 is 2.75 bits per heavy atom. The van der Waals surface area contributed by atoms with Crippen molar-refractivity contribution in [3.63, 3.8) is 0 Å². The summed E-state index contributed by atoms with van der Waals surface area (Å²) in [4.78, 5) is 13.5. The molecule has 32 heavy (non-hydrogen) atoms.